The van der Waals surface area contributed by atoms with Crippen LogP contribution in [0.3, 0.4) is 0 Å². The molecule has 0 saturated heterocycles. The number of carbonyl (C=O) groups excluding carboxylic acids is 1. The van der Waals surface area contributed by atoms with Gasteiger partial charge in [0.2, 0.25) is 0 Å². The van der Waals surface area contributed by atoms with Gasteiger partial charge in [0, 0.05) is 5.56 Å². The molecule has 0 bridgehead atoms. The molecule has 0 spiro atoms. The van der Waals surface area contributed by atoms with Crippen molar-refractivity contribution in [2.45, 2.75) is 13.3 Å². The van der Waals surface area contributed by atoms with E-state index >= 15 is 0 Å². The van der Waals surface area contributed by atoms with Gasteiger partial charge in [0.25, 0.3) is 0 Å². The van der Waals surface area contributed by atoms with E-state index in [9.17, 15) is 4.79 Å². The van der Waals surface area contributed by atoms with Crippen molar-refractivity contribution in [2.75, 3.05) is 7.11 Å². The second kappa shape index (κ2) is 5.50. The number of carbonyl (C=O) groups is 1. The van der Waals surface area contributed by atoms with E-state index in [2.05, 4.69) is 12.1 Å². The fourth-order valence-electron chi connectivity index (χ4n) is 1.98. The van der Waals surface area contributed by atoms with Crippen molar-refractivity contribution < 1.29 is 9.53 Å². The van der Waals surface area contributed by atoms with Crippen LogP contribution >= 0.6 is 0 Å². The van der Waals surface area contributed by atoms with Crippen LogP contribution in [0.25, 0.3) is 0 Å². The molecule has 2 heteroatoms. The molecule has 2 rings (SSSR count). The lowest BCUT2D eigenvalue weighted by molar-refractivity contribution is 0.101. The van der Waals surface area contributed by atoms with Crippen molar-refractivity contribution in [1.82, 2.24) is 0 Å². The molecule has 18 heavy (non-hydrogen) atoms. The summed E-state index contributed by atoms with van der Waals surface area (Å²) >= 11 is 0. The minimum atomic E-state index is 0.0693. The maximum absolute atomic E-state index is 11.7. The molecule has 0 radical (unpaired) electrons. The van der Waals surface area contributed by atoms with Crippen molar-refractivity contribution in [3.63, 3.8) is 0 Å². The molecule has 0 fully saturated rings. The molecule has 2 aromatic rings. The number of rotatable bonds is 4. The third kappa shape index (κ3) is 2.77. The third-order valence-corrected chi connectivity index (χ3v) is 2.93. The van der Waals surface area contributed by atoms with Crippen LogP contribution in [0, 0.1) is 0 Å². The first kappa shape index (κ1) is 12.4. The summed E-state index contributed by atoms with van der Waals surface area (Å²) in [5.74, 6) is 0.789. The lowest BCUT2D eigenvalue weighted by Gasteiger charge is -2.09. The van der Waals surface area contributed by atoms with Gasteiger partial charge in [-0.3, -0.25) is 4.79 Å². The second-order valence-electron chi connectivity index (χ2n) is 4.24. The van der Waals surface area contributed by atoms with Crippen LogP contribution in [0.5, 0.6) is 5.75 Å². The Morgan fingerprint density at radius 2 is 1.83 bits per heavy atom. The molecule has 0 heterocycles. The molecule has 0 aliphatic rings. The number of ketones is 1. The van der Waals surface area contributed by atoms with Gasteiger partial charge in [-0.2, -0.15) is 0 Å². The molecule has 0 aliphatic heterocycles. The van der Waals surface area contributed by atoms with E-state index in [-0.39, 0.29) is 5.78 Å². The maximum atomic E-state index is 11.7. The van der Waals surface area contributed by atoms with E-state index in [1.165, 1.54) is 5.56 Å². The molecular weight excluding hydrogens is 224 g/mol. The van der Waals surface area contributed by atoms with Crippen molar-refractivity contribution >= 4 is 5.78 Å². The SMILES string of the molecule is COc1ccc(Cc2ccccc2)c(C(C)=O)c1. The summed E-state index contributed by atoms with van der Waals surface area (Å²) in [7, 11) is 1.61. The third-order valence-electron chi connectivity index (χ3n) is 2.93. The van der Waals surface area contributed by atoms with Crippen LogP contribution in [-0.2, 0) is 6.42 Å². The van der Waals surface area contributed by atoms with Crippen LogP contribution in [0.15, 0.2) is 48.5 Å². The predicted molar refractivity (Wildman–Crippen MR) is 72.2 cm³/mol. The van der Waals surface area contributed by atoms with Crippen molar-refractivity contribution in [1.29, 1.82) is 0 Å². The molecule has 0 amide bonds. The van der Waals surface area contributed by atoms with E-state index in [4.69, 9.17) is 4.74 Å². The lowest BCUT2D eigenvalue weighted by atomic mass is 9.97. The van der Waals surface area contributed by atoms with Gasteiger partial charge in [-0.15, -0.1) is 0 Å². The Balaban J connectivity index is 2.35. The first-order chi connectivity index (χ1) is 8.70. The average molecular weight is 240 g/mol. The number of benzene rings is 2. The van der Waals surface area contributed by atoms with E-state index in [1.807, 2.05) is 30.3 Å². The Morgan fingerprint density at radius 1 is 1.11 bits per heavy atom. The van der Waals surface area contributed by atoms with Crippen LogP contribution in [0.4, 0.5) is 0 Å². The van der Waals surface area contributed by atoms with Crippen LogP contribution in [0.2, 0.25) is 0 Å². The maximum Gasteiger partial charge on any atom is 0.160 e. The first-order valence-electron chi connectivity index (χ1n) is 5.92. The van der Waals surface area contributed by atoms with Gasteiger partial charge in [-0.05, 0) is 36.6 Å². The summed E-state index contributed by atoms with van der Waals surface area (Å²) in [4.78, 5) is 11.7. The molecule has 0 unspecified atom stereocenters. The lowest BCUT2D eigenvalue weighted by Crippen LogP contribution is -2.01. The number of hydrogen-bond donors (Lipinski definition) is 0. The van der Waals surface area contributed by atoms with Gasteiger partial charge in [0.05, 0.1) is 7.11 Å². The predicted octanol–water partition coefficient (Wildman–Crippen LogP) is 3.49. The highest BCUT2D eigenvalue weighted by Crippen LogP contribution is 2.21. The minimum absolute atomic E-state index is 0.0693. The summed E-state index contributed by atoms with van der Waals surface area (Å²) in [6, 6.07) is 15.8. The standard InChI is InChI=1S/C16H16O2/c1-12(17)16-11-15(18-2)9-8-14(16)10-13-6-4-3-5-7-13/h3-9,11H,10H2,1-2H3. The summed E-state index contributed by atoms with van der Waals surface area (Å²) in [6.07, 6.45) is 0.764. The zero-order chi connectivity index (χ0) is 13.0. The van der Waals surface area contributed by atoms with Gasteiger partial charge in [-0.25, -0.2) is 0 Å². The molecule has 0 atom stereocenters. The zero-order valence-electron chi connectivity index (χ0n) is 10.6. The van der Waals surface area contributed by atoms with Gasteiger partial charge in [0.1, 0.15) is 5.75 Å². The van der Waals surface area contributed by atoms with Crippen LogP contribution in [-0.4, -0.2) is 12.9 Å². The normalized spacial score (nSPS) is 10.1. The fraction of sp³-hybridized carbons (Fsp3) is 0.188. The van der Waals surface area contributed by atoms with Gasteiger partial charge in [-0.1, -0.05) is 36.4 Å². The number of hydrogen-bond acceptors (Lipinski definition) is 2. The second-order valence-corrected chi connectivity index (χ2v) is 4.24. The topological polar surface area (TPSA) is 26.3 Å². The molecule has 2 nitrogen and oxygen atoms in total. The van der Waals surface area contributed by atoms with Crippen LogP contribution in [0.1, 0.15) is 28.4 Å². The average Bonchev–Trinajstić information content (AvgIpc) is 2.40. The van der Waals surface area contributed by atoms with Gasteiger partial charge < -0.3 is 4.74 Å². The highest BCUT2D eigenvalue weighted by Gasteiger charge is 2.09. The summed E-state index contributed by atoms with van der Waals surface area (Å²) in [5.41, 5.74) is 2.97. The number of Topliss-reactive ketones (excluding diaryl/α,β-unsaturated/α-hetero) is 1. The largest absolute Gasteiger partial charge is 0.497 e. The van der Waals surface area contributed by atoms with E-state index in [0.29, 0.717) is 0 Å². The van der Waals surface area contributed by atoms with E-state index in [0.717, 1.165) is 23.3 Å². The van der Waals surface area contributed by atoms with E-state index in [1.54, 1.807) is 20.1 Å². The molecule has 92 valence electrons. The Labute approximate surface area is 107 Å². The monoisotopic (exact) mass is 240 g/mol. The zero-order valence-corrected chi connectivity index (χ0v) is 10.6. The summed E-state index contributed by atoms with van der Waals surface area (Å²) < 4.78 is 5.16. The smallest absolute Gasteiger partial charge is 0.160 e. The number of ether oxygens (including phenoxy) is 1. The van der Waals surface area contributed by atoms with Gasteiger partial charge >= 0.3 is 0 Å². The first-order valence-corrected chi connectivity index (χ1v) is 5.92. The molecule has 2 aromatic carbocycles. The Hall–Kier alpha value is -2.09. The van der Waals surface area contributed by atoms with Gasteiger partial charge in [0.15, 0.2) is 5.78 Å². The highest BCUT2D eigenvalue weighted by molar-refractivity contribution is 5.96. The fourth-order valence-corrected chi connectivity index (χ4v) is 1.98. The molecule has 0 aromatic heterocycles. The minimum Gasteiger partial charge on any atom is -0.497 e. The molecule has 0 aliphatic carbocycles. The molecule has 0 N–H and O–H groups in total. The van der Waals surface area contributed by atoms with Crippen molar-refractivity contribution in [3.8, 4) is 5.75 Å². The number of methoxy groups -OCH3 is 1. The molecule has 0 saturated carbocycles. The molecular formula is C16H16O2. The Morgan fingerprint density at radius 3 is 2.44 bits per heavy atom. The van der Waals surface area contributed by atoms with E-state index < -0.39 is 0 Å². The van der Waals surface area contributed by atoms with Crippen molar-refractivity contribution in [3.05, 3.63) is 65.2 Å². The Bertz CT molecular complexity index is 544. The summed E-state index contributed by atoms with van der Waals surface area (Å²) in [6.45, 7) is 1.59. The summed E-state index contributed by atoms with van der Waals surface area (Å²) in [5, 5.41) is 0. The van der Waals surface area contributed by atoms with Crippen molar-refractivity contribution in [2.24, 2.45) is 0 Å². The quantitative estimate of drug-likeness (QED) is 0.765. The highest BCUT2D eigenvalue weighted by atomic mass is 16.5. The van der Waals surface area contributed by atoms with Crippen LogP contribution < -0.4 is 4.74 Å². The Kier molecular flexibility index (Phi) is 3.78.